The van der Waals surface area contributed by atoms with Gasteiger partial charge in [0, 0.05) is 13.6 Å². The van der Waals surface area contributed by atoms with Crippen LogP contribution in [0.3, 0.4) is 0 Å². The lowest BCUT2D eigenvalue weighted by molar-refractivity contribution is 0.354. The molecule has 0 aliphatic rings. The van der Waals surface area contributed by atoms with Gasteiger partial charge in [0.25, 0.3) is 0 Å². The Hall–Kier alpha value is -3.52. The fraction of sp³-hybridized carbons (Fsp3) is 0.217. The van der Waals surface area contributed by atoms with Gasteiger partial charge in [0.2, 0.25) is 0 Å². The lowest BCUT2D eigenvalue weighted by Gasteiger charge is -2.13. The van der Waals surface area contributed by atoms with Gasteiger partial charge in [-0.2, -0.15) is 0 Å². The maximum absolute atomic E-state index is 5.98. The van der Waals surface area contributed by atoms with E-state index in [2.05, 4.69) is 26.7 Å². The Kier molecular flexibility index (Phi) is 6.37. The van der Waals surface area contributed by atoms with E-state index in [0.717, 1.165) is 32.3 Å². The summed E-state index contributed by atoms with van der Waals surface area (Å²) in [6.07, 6.45) is 0. The zero-order valence-electron chi connectivity index (χ0n) is 17.6. The van der Waals surface area contributed by atoms with Crippen molar-refractivity contribution >= 4 is 27.5 Å². The van der Waals surface area contributed by atoms with Gasteiger partial charge in [-0.25, -0.2) is 4.98 Å². The van der Waals surface area contributed by atoms with Gasteiger partial charge < -0.3 is 24.5 Å². The molecule has 0 aliphatic heterocycles. The third-order valence-electron chi connectivity index (χ3n) is 4.73. The summed E-state index contributed by atoms with van der Waals surface area (Å²) in [7, 11) is 4.98. The number of aliphatic imine (C=N–C) groups is 1. The van der Waals surface area contributed by atoms with Gasteiger partial charge in [0.1, 0.15) is 5.76 Å². The summed E-state index contributed by atoms with van der Waals surface area (Å²) < 4.78 is 17.8. The number of para-hydroxylation sites is 1. The van der Waals surface area contributed by atoms with Crippen molar-refractivity contribution in [2.24, 2.45) is 4.99 Å². The van der Waals surface area contributed by atoms with Gasteiger partial charge in [0.05, 0.1) is 31.0 Å². The van der Waals surface area contributed by atoms with Crippen LogP contribution in [0.1, 0.15) is 11.3 Å². The quantitative estimate of drug-likeness (QED) is 0.329. The highest BCUT2D eigenvalue weighted by molar-refractivity contribution is 7.21. The van der Waals surface area contributed by atoms with Crippen molar-refractivity contribution in [3.8, 4) is 22.3 Å². The number of aromatic nitrogens is 1. The van der Waals surface area contributed by atoms with Gasteiger partial charge in [-0.05, 0) is 42.0 Å². The first-order valence-electron chi connectivity index (χ1n) is 9.80. The molecule has 160 valence electrons. The molecule has 7 nitrogen and oxygen atoms in total. The number of ether oxygens (including phenoxy) is 2. The summed E-state index contributed by atoms with van der Waals surface area (Å²) in [5.41, 5.74) is 2.04. The number of nitrogens with one attached hydrogen (secondary N) is 2. The number of methoxy groups -OCH3 is 2. The fourth-order valence-electron chi connectivity index (χ4n) is 3.13. The van der Waals surface area contributed by atoms with Gasteiger partial charge >= 0.3 is 0 Å². The van der Waals surface area contributed by atoms with Crippen LogP contribution in [0.2, 0.25) is 0 Å². The second-order valence-electron chi connectivity index (χ2n) is 6.72. The minimum Gasteiger partial charge on any atom is -0.493 e. The van der Waals surface area contributed by atoms with Crippen molar-refractivity contribution in [3.05, 3.63) is 65.9 Å². The Morgan fingerprint density at radius 2 is 1.81 bits per heavy atom. The average Bonchev–Trinajstić information content (AvgIpc) is 3.46. The predicted octanol–water partition coefficient (Wildman–Crippen LogP) is 4.44. The van der Waals surface area contributed by atoms with E-state index in [1.165, 1.54) is 0 Å². The minimum atomic E-state index is 0.510. The van der Waals surface area contributed by atoms with Crippen LogP contribution >= 0.6 is 11.3 Å². The largest absolute Gasteiger partial charge is 0.493 e. The summed E-state index contributed by atoms with van der Waals surface area (Å²) in [4.78, 5) is 8.92. The maximum atomic E-state index is 5.98. The van der Waals surface area contributed by atoms with Crippen LogP contribution in [0, 0.1) is 0 Å². The standard InChI is InChI=1S/C23H24N4O3S/c1-24-23(25-13-15-8-10-18(28-2)20(12-15)29-3)26-14-16-9-11-19(30-16)22-27-17-6-4-5-7-21(17)31-22/h4-12H,13-14H2,1-3H3,(H2,24,25,26). The van der Waals surface area contributed by atoms with E-state index >= 15 is 0 Å². The Morgan fingerprint density at radius 1 is 1.00 bits per heavy atom. The molecule has 0 amide bonds. The third kappa shape index (κ3) is 4.80. The Morgan fingerprint density at radius 3 is 2.58 bits per heavy atom. The zero-order valence-corrected chi connectivity index (χ0v) is 18.5. The normalized spacial score (nSPS) is 11.5. The molecule has 2 heterocycles. The number of thiazole rings is 1. The molecule has 0 unspecified atom stereocenters. The molecule has 0 atom stereocenters. The number of hydrogen-bond acceptors (Lipinski definition) is 6. The van der Waals surface area contributed by atoms with Crippen LogP contribution in [0.4, 0.5) is 0 Å². The number of guanidine groups is 1. The molecule has 0 aliphatic carbocycles. The highest BCUT2D eigenvalue weighted by Gasteiger charge is 2.11. The van der Waals surface area contributed by atoms with Crippen molar-refractivity contribution in [2.75, 3.05) is 21.3 Å². The van der Waals surface area contributed by atoms with Crippen LogP contribution in [-0.4, -0.2) is 32.2 Å². The summed E-state index contributed by atoms with van der Waals surface area (Å²) in [5.74, 6) is 3.65. The summed E-state index contributed by atoms with van der Waals surface area (Å²) in [5, 5.41) is 7.44. The third-order valence-corrected chi connectivity index (χ3v) is 5.78. The van der Waals surface area contributed by atoms with E-state index in [4.69, 9.17) is 13.9 Å². The van der Waals surface area contributed by atoms with Crippen molar-refractivity contribution in [1.29, 1.82) is 0 Å². The molecular formula is C23H24N4O3S. The first kappa shape index (κ1) is 20.7. The SMILES string of the molecule is CN=C(NCc1ccc(OC)c(OC)c1)NCc1ccc(-c2nc3ccccc3s2)o1. The molecule has 2 aromatic carbocycles. The van der Waals surface area contributed by atoms with Crippen molar-refractivity contribution in [3.63, 3.8) is 0 Å². The smallest absolute Gasteiger partial charge is 0.191 e. The van der Waals surface area contributed by atoms with Crippen molar-refractivity contribution in [2.45, 2.75) is 13.1 Å². The van der Waals surface area contributed by atoms with Crippen LogP contribution in [0.5, 0.6) is 11.5 Å². The van der Waals surface area contributed by atoms with Gasteiger partial charge in [-0.1, -0.05) is 18.2 Å². The van der Waals surface area contributed by atoms with Crippen LogP contribution in [-0.2, 0) is 13.1 Å². The molecular weight excluding hydrogens is 412 g/mol. The van der Waals surface area contributed by atoms with Crippen LogP contribution in [0.15, 0.2) is 64.0 Å². The van der Waals surface area contributed by atoms with E-state index in [1.54, 1.807) is 32.6 Å². The highest BCUT2D eigenvalue weighted by Crippen LogP contribution is 2.31. The van der Waals surface area contributed by atoms with Crippen molar-refractivity contribution in [1.82, 2.24) is 15.6 Å². The van der Waals surface area contributed by atoms with Crippen LogP contribution in [0.25, 0.3) is 21.0 Å². The van der Waals surface area contributed by atoms with E-state index < -0.39 is 0 Å². The second kappa shape index (κ2) is 9.53. The number of benzene rings is 2. The Labute approximate surface area is 184 Å². The van der Waals surface area contributed by atoms with E-state index in [9.17, 15) is 0 Å². The summed E-state index contributed by atoms with van der Waals surface area (Å²) in [6, 6.07) is 17.8. The number of nitrogens with zero attached hydrogens (tertiary/aromatic N) is 2. The molecule has 0 radical (unpaired) electrons. The molecule has 4 rings (SSSR count). The summed E-state index contributed by atoms with van der Waals surface area (Å²) in [6.45, 7) is 1.10. The monoisotopic (exact) mass is 436 g/mol. The molecule has 0 saturated carbocycles. The van der Waals surface area contributed by atoms with Crippen molar-refractivity contribution < 1.29 is 13.9 Å². The van der Waals surface area contributed by atoms with Gasteiger partial charge in [-0.15, -0.1) is 11.3 Å². The average molecular weight is 437 g/mol. The zero-order chi connectivity index (χ0) is 21.6. The van der Waals surface area contributed by atoms with E-state index in [1.807, 2.05) is 48.5 Å². The molecule has 0 saturated heterocycles. The first-order chi connectivity index (χ1) is 15.2. The molecule has 4 aromatic rings. The molecule has 8 heteroatoms. The number of rotatable bonds is 7. The summed E-state index contributed by atoms with van der Waals surface area (Å²) >= 11 is 1.62. The fourth-order valence-corrected chi connectivity index (χ4v) is 4.06. The number of furan rings is 1. The number of hydrogen-bond donors (Lipinski definition) is 2. The lowest BCUT2D eigenvalue weighted by atomic mass is 10.2. The molecule has 31 heavy (non-hydrogen) atoms. The van der Waals surface area contributed by atoms with Gasteiger partial charge in [-0.3, -0.25) is 4.99 Å². The first-order valence-corrected chi connectivity index (χ1v) is 10.6. The molecule has 2 N–H and O–H groups in total. The molecule has 2 aromatic heterocycles. The van der Waals surface area contributed by atoms with E-state index in [-0.39, 0.29) is 0 Å². The van der Waals surface area contributed by atoms with E-state index in [0.29, 0.717) is 30.5 Å². The Bertz CT molecular complexity index is 1170. The second-order valence-corrected chi connectivity index (χ2v) is 7.75. The topological polar surface area (TPSA) is 80.9 Å². The molecule has 0 bridgehead atoms. The van der Waals surface area contributed by atoms with Crippen LogP contribution < -0.4 is 20.1 Å². The van der Waals surface area contributed by atoms with Gasteiger partial charge in [0.15, 0.2) is 28.2 Å². The lowest BCUT2D eigenvalue weighted by Crippen LogP contribution is -2.36. The number of fused-ring (bicyclic) bond motifs is 1. The molecule has 0 spiro atoms. The maximum Gasteiger partial charge on any atom is 0.191 e. The highest BCUT2D eigenvalue weighted by atomic mass is 32.1. The Balaban J connectivity index is 1.35. The predicted molar refractivity (Wildman–Crippen MR) is 124 cm³/mol. The minimum absolute atomic E-state index is 0.510. The molecule has 0 fully saturated rings.